The summed E-state index contributed by atoms with van der Waals surface area (Å²) in [5, 5.41) is 23.1. The summed E-state index contributed by atoms with van der Waals surface area (Å²) in [6, 6.07) is 6.93. The minimum absolute atomic E-state index is 0.187. The van der Waals surface area contributed by atoms with Gasteiger partial charge in [-0.1, -0.05) is 29.4 Å². The lowest BCUT2D eigenvalue weighted by Crippen LogP contribution is -2.01. The number of anilines is 1. The van der Waals surface area contributed by atoms with Crippen LogP contribution < -0.4 is 5.32 Å². The van der Waals surface area contributed by atoms with Crippen molar-refractivity contribution in [3.63, 3.8) is 0 Å². The highest BCUT2D eigenvalue weighted by Crippen LogP contribution is 2.43. The summed E-state index contributed by atoms with van der Waals surface area (Å²) in [6.07, 6.45) is 0.491. The third-order valence-electron chi connectivity index (χ3n) is 3.14. The number of amides is 1. The van der Waals surface area contributed by atoms with Gasteiger partial charge in [-0.05, 0) is 30.7 Å². The van der Waals surface area contributed by atoms with Crippen molar-refractivity contribution in [1.29, 1.82) is 0 Å². The number of hydrogen-bond donors (Lipinski definition) is 2. The van der Waals surface area contributed by atoms with E-state index in [1.165, 1.54) is 12.1 Å². The number of nitrogens with zero attached hydrogens (tertiary/aromatic N) is 1. The average Bonchev–Trinajstić information content (AvgIpc) is 2.54. The quantitative estimate of drug-likeness (QED) is 0.454. The Morgan fingerprint density at radius 2 is 2.08 bits per heavy atom. The van der Waals surface area contributed by atoms with Crippen LogP contribution in [0.25, 0.3) is 0 Å². The van der Waals surface area contributed by atoms with Crippen LogP contribution >= 0.6 is 23.4 Å². The molecule has 0 atom stereocenters. The van der Waals surface area contributed by atoms with Gasteiger partial charge in [0, 0.05) is 6.07 Å². The van der Waals surface area contributed by atoms with E-state index < -0.39 is 10.9 Å². The largest absolute Gasteiger partial charge is 0.478 e. The van der Waals surface area contributed by atoms with E-state index in [-0.39, 0.29) is 16.1 Å². The fourth-order valence-electron chi connectivity index (χ4n) is 1.98. The molecular weight excluding hydrogens is 356 g/mol. The highest BCUT2D eigenvalue weighted by atomic mass is 35.5. The monoisotopic (exact) mass is 366 g/mol. The van der Waals surface area contributed by atoms with Gasteiger partial charge in [0.05, 0.1) is 31.0 Å². The Kier molecular flexibility index (Phi) is 5.42. The van der Waals surface area contributed by atoms with Crippen molar-refractivity contribution >= 4 is 47.1 Å². The second kappa shape index (κ2) is 7.33. The molecule has 1 amide bonds. The molecule has 2 N–H and O–H groups in total. The first-order chi connectivity index (χ1) is 11.3. The second-order valence-corrected chi connectivity index (χ2v) is 6.14. The van der Waals surface area contributed by atoms with Crippen LogP contribution in [0.1, 0.15) is 15.9 Å². The molecule has 0 fully saturated rings. The van der Waals surface area contributed by atoms with E-state index in [0.29, 0.717) is 22.0 Å². The maximum atomic E-state index is 11.2. The lowest BCUT2D eigenvalue weighted by molar-refractivity contribution is -0.387. The maximum Gasteiger partial charge on any atom is 0.335 e. The van der Waals surface area contributed by atoms with Gasteiger partial charge in [-0.15, -0.1) is 0 Å². The van der Waals surface area contributed by atoms with Crippen molar-refractivity contribution < 1.29 is 19.6 Å². The van der Waals surface area contributed by atoms with Gasteiger partial charge in [-0.3, -0.25) is 14.9 Å². The van der Waals surface area contributed by atoms with Crippen molar-refractivity contribution in [3.05, 3.63) is 56.6 Å². The number of nitro benzene ring substituents is 1. The summed E-state index contributed by atoms with van der Waals surface area (Å²) in [5.41, 5.74) is 0.639. The Balaban J connectivity index is 2.56. The molecule has 124 valence electrons. The number of carbonyl (C=O) groups is 2. The number of carboxylic acids is 1. The van der Waals surface area contributed by atoms with Crippen LogP contribution in [-0.4, -0.2) is 22.4 Å². The van der Waals surface area contributed by atoms with Gasteiger partial charge < -0.3 is 10.4 Å². The number of aryl methyl sites for hydroxylation is 1. The summed E-state index contributed by atoms with van der Waals surface area (Å²) in [6.45, 7) is 1.76. The standard InChI is InChI=1S/C15H11ClN2O5S/c1-8-2-4-10(16)14(13(8)17-7-19)24-12-5-3-9(15(20)21)6-11(12)18(22)23/h2-7H,1H3,(H,17,19)(H,20,21). The molecule has 0 aliphatic carbocycles. The van der Waals surface area contributed by atoms with E-state index in [0.717, 1.165) is 23.4 Å². The highest BCUT2D eigenvalue weighted by Gasteiger charge is 2.21. The minimum Gasteiger partial charge on any atom is -0.478 e. The van der Waals surface area contributed by atoms with Crippen molar-refractivity contribution in [2.24, 2.45) is 0 Å². The SMILES string of the molecule is Cc1ccc(Cl)c(Sc2ccc(C(=O)O)cc2[N+](=O)[O-])c1NC=O. The van der Waals surface area contributed by atoms with E-state index >= 15 is 0 Å². The lowest BCUT2D eigenvalue weighted by Gasteiger charge is -2.13. The molecule has 0 unspecified atom stereocenters. The molecule has 0 aromatic heterocycles. The van der Waals surface area contributed by atoms with Crippen LogP contribution in [0.15, 0.2) is 40.1 Å². The third-order valence-corrected chi connectivity index (χ3v) is 4.76. The molecule has 0 radical (unpaired) electrons. The van der Waals surface area contributed by atoms with Crippen molar-refractivity contribution in [3.8, 4) is 0 Å². The zero-order valence-corrected chi connectivity index (χ0v) is 13.9. The number of nitro groups is 1. The molecule has 9 heteroatoms. The number of benzene rings is 2. The Labute approximate surface area is 145 Å². The molecule has 7 nitrogen and oxygen atoms in total. The predicted molar refractivity (Wildman–Crippen MR) is 90.1 cm³/mol. The number of carboxylic acid groups (broad SMARTS) is 1. The van der Waals surface area contributed by atoms with Crippen LogP contribution in [-0.2, 0) is 4.79 Å². The fourth-order valence-corrected chi connectivity index (χ4v) is 3.34. The Bertz CT molecular complexity index is 841. The lowest BCUT2D eigenvalue weighted by atomic mass is 10.2. The first kappa shape index (κ1) is 17.8. The normalized spacial score (nSPS) is 10.2. The molecule has 0 bridgehead atoms. The molecular formula is C15H11ClN2O5S. The zero-order chi connectivity index (χ0) is 17.9. The van der Waals surface area contributed by atoms with Crippen molar-refractivity contribution in [2.75, 3.05) is 5.32 Å². The summed E-state index contributed by atoms with van der Waals surface area (Å²) in [4.78, 5) is 33.0. The maximum absolute atomic E-state index is 11.2. The van der Waals surface area contributed by atoms with Gasteiger partial charge in [0.25, 0.3) is 5.69 Å². The number of hydrogen-bond acceptors (Lipinski definition) is 5. The van der Waals surface area contributed by atoms with Crippen LogP contribution in [0, 0.1) is 17.0 Å². The number of carbonyl (C=O) groups excluding carboxylic acids is 1. The number of nitrogens with one attached hydrogen (secondary N) is 1. The summed E-state index contributed by atoms with van der Waals surface area (Å²) >= 11 is 7.14. The van der Waals surface area contributed by atoms with Crippen LogP contribution in [0.3, 0.4) is 0 Å². The second-order valence-electron chi connectivity index (χ2n) is 4.68. The zero-order valence-electron chi connectivity index (χ0n) is 12.3. The highest BCUT2D eigenvalue weighted by molar-refractivity contribution is 7.99. The molecule has 0 spiro atoms. The van der Waals surface area contributed by atoms with Crippen molar-refractivity contribution in [1.82, 2.24) is 0 Å². The molecule has 2 aromatic carbocycles. The van der Waals surface area contributed by atoms with Gasteiger partial charge in [-0.2, -0.15) is 0 Å². The molecule has 0 aliphatic heterocycles. The van der Waals surface area contributed by atoms with Gasteiger partial charge >= 0.3 is 5.97 Å². The van der Waals surface area contributed by atoms with E-state index in [4.69, 9.17) is 16.7 Å². The van der Waals surface area contributed by atoms with E-state index in [1.54, 1.807) is 19.1 Å². The number of rotatable bonds is 6. The topological polar surface area (TPSA) is 110 Å². The van der Waals surface area contributed by atoms with Gasteiger partial charge in [0.2, 0.25) is 6.41 Å². The van der Waals surface area contributed by atoms with Crippen LogP contribution in [0.4, 0.5) is 11.4 Å². The Hall–Kier alpha value is -2.58. The van der Waals surface area contributed by atoms with Gasteiger partial charge in [0.1, 0.15) is 0 Å². The minimum atomic E-state index is -1.26. The number of aromatic carboxylic acids is 1. The van der Waals surface area contributed by atoms with Crippen molar-refractivity contribution in [2.45, 2.75) is 16.7 Å². The van der Waals surface area contributed by atoms with E-state index in [9.17, 15) is 19.7 Å². The molecule has 24 heavy (non-hydrogen) atoms. The molecule has 2 rings (SSSR count). The molecule has 0 saturated carbocycles. The summed E-state index contributed by atoms with van der Waals surface area (Å²) < 4.78 is 0. The predicted octanol–water partition coefficient (Wildman–Crippen LogP) is 3.97. The molecule has 2 aromatic rings. The smallest absolute Gasteiger partial charge is 0.335 e. The summed E-state index contributed by atoms with van der Waals surface area (Å²) in [5.74, 6) is -1.26. The molecule has 0 saturated heterocycles. The Morgan fingerprint density at radius 3 is 2.67 bits per heavy atom. The van der Waals surface area contributed by atoms with Crippen LogP contribution in [0.2, 0.25) is 5.02 Å². The molecule has 0 aliphatic rings. The first-order valence-corrected chi connectivity index (χ1v) is 7.73. The summed E-state index contributed by atoms with van der Waals surface area (Å²) in [7, 11) is 0. The fraction of sp³-hybridized carbons (Fsp3) is 0.0667. The van der Waals surface area contributed by atoms with Gasteiger partial charge in [-0.25, -0.2) is 4.79 Å². The average molecular weight is 367 g/mol. The van der Waals surface area contributed by atoms with Gasteiger partial charge in [0.15, 0.2) is 0 Å². The van der Waals surface area contributed by atoms with E-state index in [1.807, 2.05) is 0 Å². The molecule has 0 heterocycles. The number of halogens is 1. The van der Waals surface area contributed by atoms with Crippen LogP contribution in [0.5, 0.6) is 0 Å². The van der Waals surface area contributed by atoms with E-state index in [2.05, 4.69) is 5.32 Å². The third kappa shape index (κ3) is 3.66. The first-order valence-electron chi connectivity index (χ1n) is 6.54. The Morgan fingerprint density at radius 1 is 1.38 bits per heavy atom.